The molecule has 1 saturated carbocycles. The first-order chi connectivity index (χ1) is 12.6. The fourth-order valence-electron chi connectivity index (χ4n) is 3.09. The fraction of sp³-hybridized carbons (Fsp3) is 0.400. The van der Waals surface area contributed by atoms with E-state index in [1.54, 1.807) is 6.07 Å². The van der Waals surface area contributed by atoms with Gasteiger partial charge in [0.05, 0.1) is 12.6 Å². The molecular weight excluding hydrogens is 334 g/mol. The summed E-state index contributed by atoms with van der Waals surface area (Å²) in [5.41, 5.74) is 1.06. The molecule has 0 radical (unpaired) electrons. The van der Waals surface area contributed by atoms with Crippen LogP contribution in [0.5, 0.6) is 5.75 Å². The molecule has 0 spiro atoms. The van der Waals surface area contributed by atoms with E-state index in [2.05, 4.69) is 5.32 Å². The number of carbonyl (C=O) groups excluding carboxylic acids is 1. The van der Waals surface area contributed by atoms with E-state index >= 15 is 0 Å². The van der Waals surface area contributed by atoms with Crippen LogP contribution in [0.3, 0.4) is 0 Å². The van der Waals surface area contributed by atoms with Gasteiger partial charge in [0, 0.05) is 6.42 Å². The normalized spacial score (nSPS) is 14.3. The molecule has 0 aliphatic heterocycles. The summed E-state index contributed by atoms with van der Waals surface area (Å²) in [6.07, 6.45) is 5.97. The zero-order valence-electron chi connectivity index (χ0n) is 14.6. The molecule has 1 heterocycles. The summed E-state index contributed by atoms with van der Waals surface area (Å²) < 4.78 is 11.1. The molecule has 1 fully saturated rings. The second-order valence-corrected chi connectivity index (χ2v) is 6.52. The number of carboxylic acids is 1. The van der Waals surface area contributed by atoms with E-state index in [4.69, 9.17) is 14.3 Å². The topological polar surface area (TPSA) is 88.8 Å². The van der Waals surface area contributed by atoms with Gasteiger partial charge in [-0.25, -0.2) is 4.79 Å². The molecule has 1 aliphatic rings. The average Bonchev–Trinajstić information content (AvgIpc) is 3.30. The molecule has 1 aromatic carbocycles. The second-order valence-electron chi connectivity index (χ2n) is 6.52. The van der Waals surface area contributed by atoms with Crippen molar-refractivity contribution in [3.8, 4) is 5.75 Å². The largest absolute Gasteiger partial charge is 0.490 e. The monoisotopic (exact) mass is 357 g/mol. The summed E-state index contributed by atoms with van der Waals surface area (Å²) in [5.74, 6) is -0.0784. The predicted molar refractivity (Wildman–Crippen MR) is 95.2 cm³/mol. The van der Waals surface area contributed by atoms with Gasteiger partial charge in [0.1, 0.15) is 11.5 Å². The fourth-order valence-corrected chi connectivity index (χ4v) is 3.09. The smallest absolute Gasteiger partial charge is 0.371 e. The molecule has 0 unspecified atom stereocenters. The Hall–Kier alpha value is -2.76. The van der Waals surface area contributed by atoms with Crippen molar-refractivity contribution in [3.63, 3.8) is 0 Å². The number of carbonyl (C=O) groups is 2. The van der Waals surface area contributed by atoms with Gasteiger partial charge in [-0.1, -0.05) is 12.1 Å². The Balaban J connectivity index is 1.44. The lowest BCUT2D eigenvalue weighted by atomic mass is 10.1. The molecule has 0 atom stereocenters. The standard InChI is InChI=1S/C20H23NO5/c22-19(21-13-17-9-10-18(26-17)20(23)24)11-8-14-4-3-7-16(12-14)25-15-5-1-2-6-15/h3-4,7,9-10,12,15H,1-2,5-6,8,11,13H2,(H,21,22)(H,23,24). The van der Waals surface area contributed by atoms with Crippen molar-refractivity contribution in [2.24, 2.45) is 0 Å². The predicted octanol–water partition coefficient (Wildman–Crippen LogP) is 3.55. The van der Waals surface area contributed by atoms with Crippen molar-refractivity contribution in [2.45, 2.75) is 51.2 Å². The SMILES string of the molecule is O=C(CCc1cccc(OC2CCCC2)c1)NCc1ccc(C(=O)O)o1. The van der Waals surface area contributed by atoms with Crippen LogP contribution >= 0.6 is 0 Å². The van der Waals surface area contributed by atoms with E-state index in [0.717, 1.165) is 24.2 Å². The Morgan fingerprint density at radius 3 is 2.73 bits per heavy atom. The molecule has 6 nitrogen and oxygen atoms in total. The molecule has 26 heavy (non-hydrogen) atoms. The molecule has 2 aromatic rings. The quantitative estimate of drug-likeness (QED) is 0.754. The Kier molecular flexibility index (Phi) is 5.94. The van der Waals surface area contributed by atoms with Gasteiger partial charge < -0.3 is 19.6 Å². The summed E-state index contributed by atoms with van der Waals surface area (Å²) in [6.45, 7) is 0.178. The summed E-state index contributed by atoms with van der Waals surface area (Å²) >= 11 is 0. The first-order valence-electron chi connectivity index (χ1n) is 8.94. The van der Waals surface area contributed by atoms with Crippen molar-refractivity contribution in [2.75, 3.05) is 0 Å². The molecule has 0 bridgehead atoms. The van der Waals surface area contributed by atoms with Crippen LogP contribution in [0, 0.1) is 0 Å². The van der Waals surface area contributed by atoms with Gasteiger partial charge >= 0.3 is 5.97 Å². The van der Waals surface area contributed by atoms with Gasteiger partial charge in [0.15, 0.2) is 0 Å². The number of furan rings is 1. The lowest BCUT2D eigenvalue weighted by Crippen LogP contribution is -2.22. The lowest BCUT2D eigenvalue weighted by molar-refractivity contribution is -0.121. The van der Waals surface area contributed by atoms with Gasteiger partial charge in [-0.3, -0.25) is 4.79 Å². The van der Waals surface area contributed by atoms with Crippen LogP contribution in [0.15, 0.2) is 40.8 Å². The highest BCUT2D eigenvalue weighted by Crippen LogP contribution is 2.24. The maximum atomic E-state index is 12.0. The Morgan fingerprint density at radius 1 is 1.19 bits per heavy atom. The summed E-state index contributed by atoms with van der Waals surface area (Å²) in [4.78, 5) is 22.8. The van der Waals surface area contributed by atoms with Gasteiger partial charge in [-0.05, 0) is 61.9 Å². The van der Waals surface area contributed by atoms with E-state index in [1.165, 1.54) is 18.9 Å². The highest BCUT2D eigenvalue weighted by atomic mass is 16.5. The lowest BCUT2D eigenvalue weighted by Gasteiger charge is -2.13. The van der Waals surface area contributed by atoms with E-state index < -0.39 is 5.97 Å². The number of hydrogen-bond donors (Lipinski definition) is 2. The minimum atomic E-state index is -1.12. The molecule has 1 amide bonds. The van der Waals surface area contributed by atoms with Crippen LogP contribution < -0.4 is 10.1 Å². The minimum Gasteiger partial charge on any atom is -0.490 e. The second kappa shape index (κ2) is 8.56. The maximum Gasteiger partial charge on any atom is 0.371 e. The van der Waals surface area contributed by atoms with Crippen molar-refractivity contribution in [1.82, 2.24) is 5.32 Å². The van der Waals surface area contributed by atoms with Crippen molar-refractivity contribution in [1.29, 1.82) is 0 Å². The van der Waals surface area contributed by atoms with Crippen LogP contribution in [0.2, 0.25) is 0 Å². The third kappa shape index (κ3) is 5.12. The van der Waals surface area contributed by atoms with Crippen LogP contribution in [-0.4, -0.2) is 23.1 Å². The number of ether oxygens (including phenoxy) is 1. The minimum absolute atomic E-state index is 0.111. The Morgan fingerprint density at radius 2 is 2.00 bits per heavy atom. The van der Waals surface area contributed by atoms with Crippen LogP contribution in [-0.2, 0) is 17.8 Å². The number of carboxylic acid groups (broad SMARTS) is 1. The van der Waals surface area contributed by atoms with E-state index in [1.807, 2.05) is 24.3 Å². The molecule has 6 heteroatoms. The zero-order chi connectivity index (χ0) is 18.4. The third-order valence-electron chi connectivity index (χ3n) is 4.48. The molecular formula is C20H23NO5. The first-order valence-corrected chi connectivity index (χ1v) is 8.94. The summed E-state index contributed by atoms with van der Waals surface area (Å²) in [6, 6.07) is 10.8. The number of benzene rings is 1. The number of amides is 1. The van der Waals surface area contributed by atoms with E-state index in [9.17, 15) is 9.59 Å². The van der Waals surface area contributed by atoms with E-state index in [0.29, 0.717) is 24.7 Å². The van der Waals surface area contributed by atoms with Crippen molar-refractivity contribution in [3.05, 3.63) is 53.5 Å². The van der Waals surface area contributed by atoms with Crippen LogP contribution in [0.4, 0.5) is 0 Å². The highest BCUT2D eigenvalue weighted by Gasteiger charge is 2.16. The number of nitrogens with one attached hydrogen (secondary N) is 1. The number of hydrogen-bond acceptors (Lipinski definition) is 4. The Labute approximate surface area is 152 Å². The molecule has 2 N–H and O–H groups in total. The first kappa shape index (κ1) is 18.0. The number of rotatable bonds is 8. The average molecular weight is 357 g/mol. The van der Waals surface area contributed by atoms with Gasteiger partial charge in [-0.15, -0.1) is 0 Å². The zero-order valence-corrected chi connectivity index (χ0v) is 14.6. The van der Waals surface area contributed by atoms with Gasteiger partial charge in [0.2, 0.25) is 11.7 Å². The molecule has 1 aromatic heterocycles. The highest BCUT2D eigenvalue weighted by molar-refractivity contribution is 5.84. The van der Waals surface area contributed by atoms with Crippen LogP contribution in [0.1, 0.15) is 54.0 Å². The molecule has 1 aliphatic carbocycles. The summed E-state index contributed by atoms with van der Waals surface area (Å²) in [7, 11) is 0. The number of aryl methyl sites for hydroxylation is 1. The molecule has 138 valence electrons. The third-order valence-corrected chi connectivity index (χ3v) is 4.48. The van der Waals surface area contributed by atoms with E-state index in [-0.39, 0.29) is 18.2 Å². The number of aromatic carboxylic acids is 1. The van der Waals surface area contributed by atoms with Gasteiger partial charge in [0.25, 0.3) is 0 Å². The molecule has 0 saturated heterocycles. The maximum absolute atomic E-state index is 12.0. The van der Waals surface area contributed by atoms with Crippen molar-refractivity contribution < 1.29 is 23.8 Å². The molecule has 3 rings (SSSR count). The van der Waals surface area contributed by atoms with Crippen molar-refractivity contribution >= 4 is 11.9 Å². The summed E-state index contributed by atoms with van der Waals surface area (Å²) in [5, 5.41) is 11.5. The Bertz CT molecular complexity index is 761. The van der Waals surface area contributed by atoms with Crippen LogP contribution in [0.25, 0.3) is 0 Å². The van der Waals surface area contributed by atoms with Gasteiger partial charge in [-0.2, -0.15) is 0 Å².